The highest BCUT2D eigenvalue weighted by atomic mass is 16.3. The summed E-state index contributed by atoms with van der Waals surface area (Å²) in [5.41, 5.74) is 0. The van der Waals surface area contributed by atoms with Crippen LogP contribution in [0.15, 0.2) is 0 Å². The molecule has 1 atom stereocenters. The van der Waals surface area contributed by atoms with E-state index < -0.39 is 0 Å². The fourth-order valence-electron chi connectivity index (χ4n) is 0.341. The predicted molar refractivity (Wildman–Crippen MR) is 26.3 cm³/mol. The Morgan fingerprint density at radius 2 is 2.33 bits per heavy atom. The van der Waals surface area contributed by atoms with Crippen LogP contribution >= 0.6 is 0 Å². The minimum absolute atomic E-state index is 0.157. The van der Waals surface area contributed by atoms with Crippen LogP contribution in [0.3, 0.4) is 0 Å². The third-order valence-electron chi connectivity index (χ3n) is 0.577. The smallest absolute Gasteiger partial charge is 0.0514 e. The van der Waals surface area contributed by atoms with E-state index in [4.69, 9.17) is 5.11 Å². The van der Waals surface area contributed by atoms with E-state index in [9.17, 15) is 0 Å². The number of hydrogen-bond acceptors (Lipinski definition) is 1. The van der Waals surface area contributed by atoms with Gasteiger partial charge in [0.2, 0.25) is 0 Å². The summed E-state index contributed by atoms with van der Waals surface area (Å²) >= 11 is 0. The summed E-state index contributed by atoms with van der Waals surface area (Å²) < 4.78 is 0. The van der Waals surface area contributed by atoms with Gasteiger partial charge in [-0.05, 0) is 19.8 Å². The van der Waals surface area contributed by atoms with Crippen molar-refractivity contribution >= 4 is 0 Å². The molecule has 1 N–H and O–H groups in total. The van der Waals surface area contributed by atoms with Gasteiger partial charge in [0, 0.05) is 0 Å². The molecule has 0 spiro atoms. The van der Waals surface area contributed by atoms with Crippen molar-refractivity contribution in [2.75, 3.05) is 0 Å². The maximum atomic E-state index is 8.52. The quantitative estimate of drug-likeness (QED) is 0.532. The van der Waals surface area contributed by atoms with Crippen molar-refractivity contribution in [2.24, 2.45) is 0 Å². The van der Waals surface area contributed by atoms with E-state index in [2.05, 4.69) is 0 Å². The van der Waals surface area contributed by atoms with Crippen LogP contribution in [-0.2, 0) is 0 Å². The highest BCUT2D eigenvalue weighted by Crippen LogP contribution is 1.89. The van der Waals surface area contributed by atoms with Crippen molar-refractivity contribution < 1.29 is 5.11 Å². The molecule has 6 heavy (non-hydrogen) atoms. The lowest BCUT2D eigenvalue weighted by atomic mass is 10.2. The van der Waals surface area contributed by atoms with Gasteiger partial charge in [-0.15, -0.1) is 0 Å². The first-order valence-electron chi connectivity index (χ1n) is 2.23. The molecule has 0 aromatic rings. The normalized spacial score (nSPS) is 14.5. The molecule has 0 saturated heterocycles. The van der Waals surface area contributed by atoms with E-state index in [1.807, 2.05) is 13.3 Å². The highest BCUT2D eigenvalue weighted by Gasteiger charge is 1.87. The molecule has 0 aliphatic carbocycles. The summed E-state index contributed by atoms with van der Waals surface area (Å²) in [5.74, 6) is 0. The Balaban J connectivity index is 2.63. The molecule has 1 heteroatoms. The summed E-state index contributed by atoms with van der Waals surface area (Å²) in [6, 6.07) is 0. The lowest BCUT2D eigenvalue weighted by molar-refractivity contribution is 0.194. The van der Waals surface area contributed by atoms with Crippen LogP contribution in [0.5, 0.6) is 0 Å². The zero-order chi connectivity index (χ0) is 4.99. The zero-order valence-corrected chi connectivity index (χ0v) is 4.31. The first-order valence-corrected chi connectivity index (χ1v) is 2.23. The second kappa shape index (κ2) is 3.16. The number of hydrogen-bond donors (Lipinski definition) is 1. The van der Waals surface area contributed by atoms with Crippen molar-refractivity contribution in [3.63, 3.8) is 0 Å². The van der Waals surface area contributed by atoms with E-state index in [-0.39, 0.29) is 6.10 Å². The van der Waals surface area contributed by atoms with Crippen LogP contribution in [0, 0.1) is 6.42 Å². The molecule has 1 unspecified atom stereocenters. The Morgan fingerprint density at radius 3 is 2.33 bits per heavy atom. The van der Waals surface area contributed by atoms with Gasteiger partial charge in [-0.25, -0.2) is 0 Å². The minimum Gasteiger partial charge on any atom is -0.393 e. The summed E-state index contributed by atoms with van der Waals surface area (Å²) in [6.45, 7) is 3.72. The summed E-state index contributed by atoms with van der Waals surface area (Å²) in [5, 5.41) is 8.52. The number of aliphatic hydroxyl groups is 1. The van der Waals surface area contributed by atoms with Crippen molar-refractivity contribution in [1.29, 1.82) is 0 Å². The third-order valence-corrected chi connectivity index (χ3v) is 0.577. The Morgan fingerprint density at radius 1 is 1.83 bits per heavy atom. The van der Waals surface area contributed by atoms with Crippen LogP contribution < -0.4 is 0 Å². The largest absolute Gasteiger partial charge is 0.393 e. The summed E-state index contributed by atoms with van der Waals surface area (Å²) in [4.78, 5) is 0. The van der Waals surface area contributed by atoms with Gasteiger partial charge in [0.1, 0.15) is 0 Å². The number of aliphatic hydroxyl groups excluding tert-OH is 1. The third kappa shape index (κ3) is 3.96. The van der Waals surface area contributed by atoms with Gasteiger partial charge in [-0.2, -0.15) is 0 Å². The van der Waals surface area contributed by atoms with Crippen LogP contribution in [0.25, 0.3) is 0 Å². The summed E-state index contributed by atoms with van der Waals surface area (Å²) in [6.07, 6.45) is 2.60. The lowest BCUT2D eigenvalue weighted by Crippen LogP contribution is -1.96. The van der Waals surface area contributed by atoms with Gasteiger partial charge in [-0.1, -0.05) is 6.92 Å². The molecule has 0 aliphatic heterocycles. The molecule has 1 nitrogen and oxygen atoms in total. The van der Waals surface area contributed by atoms with E-state index in [0.717, 1.165) is 6.42 Å². The molecule has 0 aromatic heterocycles. The van der Waals surface area contributed by atoms with Crippen LogP contribution in [0.1, 0.15) is 20.3 Å². The maximum absolute atomic E-state index is 8.52. The Bertz CT molecular complexity index is 25.1. The highest BCUT2D eigenvalue weighted by molar-refractivity contribution is 4.58. The van der Waals surface area contributed by atoms with Gasteiger partial charge in [0.15, 0.2) is 0 Å². The maximum Gasteiger partial charge on any atom is 0.0514 e. The molecule has 0 saturated carbocycles. The monoisotopic (exact) mass is 87.1 g/mol. The van der Waals surface area contributed by atoms with Gasteiger partial charge >= 0.3 is 0 Å². The molecule has 0 rings (SSSR count). The topological polar surface area (TPSA) is 20.2 Å². The number of rotatable bonds is 2. The second-order valence-corrected chi connectivity index (χ2v) is 1.49. The van der Waals surface area contributed by atoms with Crippen molar-refractivity contribution in [3.05, 3.63) is 6.42 Å². The molecule has 0 heterocycles. The Labute approximate surface area is 39.0 Å². The van der Waals surface area contributed by atoms with E-state index in [1.165, 1.54) is 0 Å². The molecule has 37 valence electrons. The van der Waals surface area contributed by atoms with Gasteiger partial charge in [0.25, 0.3) is 0 Å². The fourth-order valence-corrected chi connectivity index (χ4v) is 0.341. The van der Waals surface area contributed by atoms with Crippen LogP contribution in [-0.4, -0.2) is 11.2 Å². The van der Waals surface area contributed by atoms with Crippen molar-refractivity contribution in [2.45, 2.75) is 26.4 Å². The Kier molecular flexibility index (Phi) is 3.14. The van der Waals surface area contributed by atoms with Crippen LogP contribution in [0.2, 0.25) is 0 Å². The molecular formula is C5H11O. The molecule has 0 fully saturated rings. The Hall–Kier alpha value is -0.0400. The second-order valence-electron chi connectivity index (χ2n) is 1.49. The van der Waals surface area contributed by atoms with Gasteiger partial charge in [-0.3, -0.25) is 0 Å². The molecule has 0 aliphatic rings. The SMILES string of the molecule is C[CH]CC(C)O. The summed E-state index contributed by atoms with van der Waals surface area (Å²) in [7, 11) is 0. The van der Waals surface area contributed by atoms with Crippen LogP contribution in [0.4, 0.5) is 0 Å². The average Bonchev–Trinajstić information content (AvgIpc) is 1.35. The molecule has 0 aromatic carbocycles. The van der Waals surface area contributed by atoms with E-state index in [1.54, 1.807) is 6.92 Å². The average molecular weight is 87.1 g/mol. The standard InChI is InChI=1S/C5H11O/c1-3-4-5(2)6/h3,5-6H,4H2,1-2H3. The first-order chi connectivity index (χ1) is 2.77. The van der Waals surface area contributed by atoms with Gasteiger partial charge < -0.3 is 5.11 Å². The van der Waals surface area contributed by atoms with Crippen molar-refractivity contribution in [3.8, 4) is 0 Å². The molecule has 1 radical (unpaired) electrons. The van der Waals surface area contributed by atoms with E-state index >= 15 is 0 Å². The molecule has 0 bridgehead atoms. The lowest BCUT2D eigenvalue weighted by Gasteiger charge is -1.95. The zero-order valence-electron chi connectivity index (χ0n) is 4.31. The van der Waals surface area contributed by atoms with Gasteiger partial charge in [0.05, 0.1) is 6.10 Å². The van der Waals surface area contributed by atoms with Crippen molar-refractivity contribution in [1.82, 2.24) is 0 Å². The molecular weight excluding hydrogens is 76.1 g/mol. The first kappa shape index (κ1) is 5.96. The minimum atomic E-state index is -0.157. The fraction of sp³-hybridized carbons (Fsp3) is 0.800. The van der Waals surface area contributed by atoms with E-state index in [0.29, 0.717) is 0 Å². The predicted octanol–water partition coefficient (Wildman–Crippen LogP) is 0.981. The molecule has 0 amide bonds.